The summed E-state index contributed by atoms with van der Waals surface area (Å²) in [6.45, 7) is 0. The smallest absolute Gasteiger partial charge is 0.237 e. The van der Waals surface area contributed by atoms with Gasteiger partial charge in [0, 0.05) is 54.6 Å². The van der Waals surface area contributed by atoms with Crippen molar-refractivity contribution in [2.24, 2.45) is 30.0 Å². The Bertz CT molecular complexity index is 3000. The Morgan fingerprint density at radius 3 is 1.02 bits per heavy atom. The van der Waals surface area contributed by atoms with Gasteiger partial charge in [0.25, 0.3) is 0 Å². The largest absolute Gasteiger partial charge is 0.324 e. The van der Waals surface area contributed by atoms with Crippen LogP contribution in [0.5, 0.6) is 0 Å². The minimum atomic E-state index is -1.28. The molecule has 5 N–H and O–H groups in total. The van der Waals surface area contributed by atoms with Crippen molar-refractivity contribution in [3.8, 4) is 0 Å². The van der Waals surface area contributed by atoms with Crippen LogP contribution in [0.25, 0.3) is 32.3 Å². The van der Waals surface area contributed by atoms with E-state index in [0.717, 1.165) is 54.6 Å². The van der Waals surface area contributed by atoms with Gasteiger partial charge in [-0.2, -0.15) is 0 Å². The maximum atomic E-state index is 5.54. The van der Waals surface area contributed by atoms with Crippen molar-refractivity contribution in [2.45, 2.75) is 23.9 Å². The number of fused-ring (bicyclic) bond motifs is 17. The van der Waals surface area contributed by atoms with E-state index in [1.54, 1.807) is 0 Å². The average molecular weight is 662 g/mol. The lowest BCUT2D eigenvalue weighted by atomic mass is 10.0. The first-order valence-electron chi connectivity index (χ1n) is 17.0. The van der Waals surface area contributed by atoms with E-state index in [1.807, 2.05) is 60.7 Å². The van der Waals surface area contributed by atoms with Crippen molar-refractivity contribution in [1.29, 1.82) is 0 Å². The lowest BCUT2D eigenvalue weighted by Crippen LogP contribution is -2.41. The molecular formula is C40H27N11. The summed E-state index contributed by atoms with van der Waals surface area (Å²) < 4.78 is 0. The molecule has 8 aromatic rings. The fraction of sp³-hybridized carbons (Fsp3) is 0.100. The first kappa shape index (κ1) is 27.3. The summed E-state index contributed by atoms with van der Waals surface area (Å²) in [7, 11) is 0. The van der Waals surface area contributed by atoms with Crippen molar-refractivity contribution in [2.75, 3.05) is 0 Å². The van der Waals surface area contributed by atoms with Crippen LogP contribution in [-0.4, -0.2) is 15.0 Å². The second-order valence-corrected chi connectivity index (χ2v) is 13.4. The summed E-state index contributed by atoms with van der Waals surface area (Å²) in [5, 5.41) is 13.2. The highest BCUT2D eigenvalue weighted by Gasteiger charge is 2.46. The van der Waals surface area contributed by atoms with Gasteiger partial charge in [-0.25, -0.2) is 40.6 Å². The maximum Gasteiger partial charge on any atom is 0.237 e. The van der Waals surface area contributed by atoms with Crippen molar-refractivity contribution in [3.05, 3.63) is 177 Å². The van der Waals surface area contributed by atoms with Crippen molar-refractivity contribution in [3.63, 3.8) is 0 Å². The molecular weight excluding hydrogens is 635 g/mol. The zero-order valence-electron chi connectivity index (χ0n) is 26.9. The lowest BCUT2D eigenvalue weighted by molar-refractivity contribution is 0.334. The number of hydrogen-bond donors (Lipinski definition) is 5. The van der Waals surface area contributed by atoms with E-state index in [0.29, 0.717) is 32.9 Å². The van der Waals surface area contributed by atoms with Crippen LogP contribution in [0, 0.1) is 0 Å². The highest BCUT2D eigenvalue weighted by Crippen LogP contribution is 2.42. The minimum Gasteiger partial charge on any atom is -0.324 e. The third kappa shape index (κ3) is 3.68. The molecule has 0 saturated heterocycles. The maximum absolute atomic E-state index is 5.54. The van der Waals surface area contributed by atoms with Gasteiger partial charge in [0.15, 0.2) is 0 Å². The number of H-pyrrole nitrogens is 3. The van der Waals surface area contributed by atoms with Crippen LogP contribution in [0.1, 0.15) is 34.6 Å². The van der Waals surface area contributed by atoms with Crippen molar-refractivity contribution in [1.82, 2.24) is 25.6 Å². The average Bonchev–Trinajstić information content (AvgIpc) is 3.94. The van der Waals surface area contributed by atoms with Gasteiger partial charge in [0.1, 0.15) is 45.3 Å². The molecule has 12 rings (SSSR count). The molecule has 0 fully saturated rings. The molecule has 10 bridgehead atoms. The van der Waals surface area contributed by atoms with Crippen LogP contribution in [0.15, 0.2) is 151 Å². The van der Waals surface area contributed by atoms with Crippen LogP contribution in [0.3, 0.4) is 0 Å². The summed E-state index contributed by atoms with van der Waals surface area (Å²) in [4.78, 5) is 43.8. The van der Waals surface area contributed by atoms with E-state index in [-0.39, 0.29) is 0 Å². The summed E-state index contributed by atoms with van der Waals surface area (Å²) >= 11 is 0. The van der Waals surface area contributed by atoms with E-state index < -0.39 is 23.9 Å². The lowest BCUT2D eigenvalue weighted by Gasteiger charge is -2.22. The monoisotopic (exact) mass is 661 g/mol. The van der Waals surface area contributed by atoms with Gasteiger partial charge in [-0.15, -0.1) is 0 Å². The van der Waals surface area contributed by atoms with E-state index in [2.05, 4.69) is 86.2 Å². The molecule has 0 aliphatic carbocycles. The molecule has 2 spiro atoms. The van der Waals surface area contributed by atoms with Crippen LogP contribution >= 0.6 is 0 Å². The standard InChI is InChI=1S/C40H27N11/c1-3-13-23-21(11-1)31-41-33(23)46-39-30-20-10-8-18-28(30)38(51-39)44-32-22-12-2-4-14-24(22)34(42-32)47-40(29-19-9-7-17-27(29)37(43-31)50-40)49-36-26-16-6-5-15-25(26)35(45-36)48-39/h1-20,37-38,50-51H,(H,41,43,46)(H,42,44,47)(H,45,48,49). The number of rotatable bonds is 0. The minimum absolute atomic E-state index is 0.487. The Morgan fingerprint density at radius 1 is 0.353 bits per heavy atom. The van der Waals surface area contributed by atoms with Crippen molar-refractivity contribution >= 4 is 32.3 Å². The molecule has 5 aromatic carbocycles. The molecule has 0 saturated carbocycles. The molecule has 4 aliphatic rings. The molecule has 242 valence electrons. The molecule has 3 aromatic heterocycles. The number of hydrogen-bond acceptors (Lipinski definition) is 8. The van der Waals surface area contributed by atoms with E-state index in [1.165, 1.54) is 0 Å². The molecule has 4 atom stereocenters. The van der Waals surface area contributed by atoms with Crippen molar-refractivity contribution < 1.29 is 0 Å². The molecule has 4 unspecified atom stereocenters. The zero-order valence-corrected chi connectivity index (χ0v) is 26.9. The Kier molecular flexibility index (Phi) is 5.12. The van der Waals surface area contributed by atoms with Gasteiger partial charge in [-0.3, -0.25) is 0 Å². The number of nitrogens with zero attached hydrogens (tertiary/aromatic N) is 6. The molecule has 11 nitrogen and oxygen atoms in total. The predicted octanol–water partition coefficient (Wildman–Crippen LogP) is 3.10. The van der Waals surface area contributed by atoms with E-state index in [4.69, 9.17) is 30.0 Å². The molecule has 11 heteroatoms. The Morgan fingerprint density at radius 2 is 0.647 bits per heavy atom. The number of benzene rings is 5. The fourth-order valence-corrected chi connectivity index (χ4v) is 8.31. The van der Waals surface area contributed by atoms with Gasteiger partial charge in [-0.1, -0.05) is 121 Å². The fourth-order valence-electron chi connectivity index (χ4n) is 8.31. The first-order valence-corrected chi connectivity index (χ1v) is 17.0. The Balaban J connectivity index is 1.38. The summed E-state index contributed by atoms with van der Waals surface area (Å²) in [5.41, 5.74) is 7.80. The second-order valence-electron chi connectivity index (χ2n) is 13.4. The third-order valence-corrected chi connectivity index (χ3v) is 10.6. The third-order valence-electron chi connectivity index (χ3n) is 10.6. The van der Waals surface area contributed by atoms with Gasteiger partial charge in [-0.05, 0) is 0 Å². The molecule has 0 amide bonds. The molecule has 51 heavy (non-hydrogen) atoms. The topological polar surface area (TPSA) is 146 Å². The molecule has 4 aliphatic heterocycles. The van der Waals surface area contributed by atoms with Gasteiger partial charge >= 0.3 is 0 Å². The zero-order chi connectivity index (χ0) is 33.3. The number of aromatic nitrogens is 3. The highest BCUT2D eigenvalue weighted by molar-refractivity contribution is 5.83. The predicted molar refractivity (Wildman–Crippen MR) is 190 cm³/mol. The van der Waals surface area contributed by atoms with Crippen LogP contribution in [0.2, 0.25) is 0 Å². The SMILES string of the molecule is c1ccc2c(c1)C1N=c3[nH]c(c4ccccc34)=NC34N=c5[nH]c(c6ccccc56)=NC2(N=c2[nH]c(c5ccccc25)=NC(N3)c2ccccc24)N1. The van der Waals surface area contributed by atoms with Gasteiger partial charge in [0.05, 0.1) is 0 Å². The number of nitrogens with one attached hydrogen (secondary N) is 5. The van der Waals surface area contributed by atoms with Crippen LogP contribution in [-0.2, 0) is 11.6 Å². The normalized spacial score (nSPS) is 23.8. The second kappa shape index (κ2) is 9.57. The first-order chi connectivity index (χ1) is 25.1. The van der Waals surface area contributed by atoms with Crippen LogP contribution < -0.4 is 43.6 Å². The summed E-state index contributed by atoms with van der Waals surface area (Å²) in [6, 6.07) is 41.1. The van der Waals surface area contributed by atoms with Crippen LogP contribution in [0.4, 0.5) is 0 Å². The quantitative estimate of drug-likeness (QED) is 0.170. The Labute approximate surface area is 287 Å². The Hall–Kier alpha value is -6.56. The molecule has 7 heterocycles. The van der Waals surface area contributed by atoms with Gasteiger partial charge < -0.3 is 15.0 Å². The summed E-state index contributed by atoms with van der Waals surface area (Å²) in [6.07, 6.45) is -0.974. The molecule has 0 radical (unpaired) electrons. The van der Waals surface area contributed by atoms with E-state index >= 15 is 0 Å². The summed E-state index contributed by atoms with van der Waals surface area (Å²) in [5.74, 6) is -2.55. The van der Waals surface area contributed by atoms with E-state index in [9.17, 15) is 0 Å². The highest BCUT2D eigenvalue weighted by atomic mass is 15.4. The number of aromatic amines is 3. The van der Waals surface area contributed by atoms with Gasteiger partial charge in [0.2, 0.25) is 11.6 Å².